The fourth-order valence-corrected chi connectivity index (χ4v) is 1.60. The maximum Gasteiger partial charge on any atom is 0.170 e. The van der Waals surface area contributed by atoms with E-state index >= 15 is 0 Å². The Hall–Kier alpha value is -1.86. The van der Waals surface area contributed by atoms with E-state index < -0.39 is 0 Å². The van der Waals surface area contributed by atoms with Gasteiger partial charge in [0.2, 0.25) is 0 Å². The number of anilines is 1. The molecule has 0 bridgehead atoms. The highest BCUT2D eigenvalue weighted by Crippen LogP contribution is 2.14. The molecule has 0 amide bonds. The van der Waals surface area contributed by atoms with Gasteiger partial charge in [-0.3, -0.25) is 0 Å². The van der Waals surface area contributed by atoms with Crippen LogP contribution in [0, 0.1) is 6.92 Å². The molecule has 1 aromatic heterocycles. The quantitative estimate of drug-likeness (QED) is 0.230. The van der Waals surface area contributed by atoms with E-state index in [-0.39, 0.29) is 19.0 Å². The lowest BCUT2D eigenvalue weighted by Gasteiger charge is -2.22. The summed E-state index contributed by atoms with van der Waals surface area (Å²) in [5.41, 5.74) is 6.78. The van der Waals surface area contributed by atoms with Gasteiger partial charge in [-0.2, -0.15) is 0 Å². The van der Waals surface area contributed by atoms with Crippen LogP contribution in [0.4, 0.5) is 5.82 Å². The maximum absolute atomic E-state index is 8.98. The summed E-state index contributed by atoms with van der Waals surface area (Å²) < 4.78 is 0. The molecule has 0 fully saturated rings. The van der Waals surface area contributed by atoms with Gasteiger partial charge in [-0.25, -0.2) is 4.98 Å². The summed E-state index contributed by atoms with van der Waals surface area (Å²) in [5, 5.41) is 29.6. The number of hydrogen-bond donors (Lipinski definition) is 4. The molecule has 1 heterocycles. The Bertz CT molecular complexity index is 417. The predicted molar refractivity (Wildman–Crippen MR) is 67.9 cm³/mol. The van der Waals surface area contributed by atoms with Gasteiger partial charge in [0.15, 0.2) is 5.84 Å². The minimum atomic E-state index is -0.0471. The average molecular weight is 254 g/mol. The van der Waals surface area contributed by atoms with E-state index in [0.717, 1.165) is 0 Å². The molecule has 0 atom stereocenters. The lowest BCUT2D eigenvalue weighted by Crippen LogP contribution is -2.31. The van der Waals surface area contributed by atoms with Crippen molar-refractivity contribution in [2.24, 2.45) is 10.9 Å². The second kappa shape index (κ2) is 6.77. The molecule has 0 saturated heterocycles. The summed E-state index contributed by atoms with van der Waals surface area (Å²) in [7, 11) is 0. The highest BCUT2D eigenvalue weighted by molar-refractivity contribution is 5.97. The summed E-state index contributed by atoms with van der Waals surface area (Å²) in [6.45, 7) is 2.40. The standard InChI is InChI=1S/C11H18N4O3/c1-8-6-9(11(12)14-18)7-10(13-8)15(2-4-16)3-5-17/h6-7,16-18H,2-5H2,1H3,(H2,12,14). The molecule has 7 nitrogen and oxygen atoms in total. The Morgan fingerprint density at radius 2 is 1.94 bits per heavy atom. The first-order valence-corrected chi connectivity index (χ1v) is 5.55. The van der Waals surface area contributed by atoms with Crippen LogP contribution < -0.4 is 10.6 Å². The zero-order chi connectivity index (χ0) is 13.5. The molecule has 1 aromatic rings. The minimum absolute atomic E-state index is 0.00491. The largest absolute Gasteiger partial charge is 0.409 e. The second-order valence-corrected chi connectivity index (χ2v) is 3.77. The van der Waals surface area contributed by atoms with Gasteiger partial charge in [0, 0.05) is 24.3 Å². The zero-order valence-electron chi connectivity index (χ0n) is 10.2. The van der Waals surface area contributed by atoms with E-state index in [0.29, 0.717) is 30.2 Å². The van der Waals surface area contributed by atoms with Crippen LogP contribution in [0.2, 0.25) is 0 Å². The smallest absolute Gasteiger partial charge is 0.170 e. The van der Waals surface area contributed by atoms with Gasteiger partial charge < -0.3 is 26.1 Å². The molecule has 0 saturated carbocycles. The molecule has 100 valence electrons. The molecule has 0 unspecified atom stereocenters. The van der Waals surface area contributed by atoms with Crippen molar-refractivity contribution in [3.05, 3.63) is 23.4 Å². The Kier molecular flexibility index (Phi) is 5.34. The minimum Gasteiger partial charge on any atom is -0.409 e. The van der Waals surface area contributed by atoms with Gasteiger partial charge in [-0.05, 0) is 19.1 Å². The maximum atomic E-state index is 8.98. The highest BCUT2D eigenvalue weighted by Gasteiger charge is 2.10. The average Bonchev–Trinajstić information content (AvgIpc) is 2.36. The van der Waals surface area contributed by atoms with Gasteiger partial charge >= 0.3 is 0 Å². The highest BCUT2D eigenvalue weighted by atomic mass is 16.4. The van der Waals surface area contributed by atoms with Crippen LogP contribution in [0.15, 0.2) is 17.3 Å². The van der Waals surface area contributed by atoms with Crippen molar-refractivity contribution in [2.75, 3.05) is 31.2 Å². The van der Waals surface area contributed by atoms with Crippen LogP contribution in [-0.4, -0.2) is 52.5 Å². The van der Waals surface area contributed by atoms with Crippen molar-refractivity contribution in [3.8, 4) is 0 Å². The summed E-state index contributed by atoms with van der Waals surface area (Å²) in [6.07, 6.45) is 0. The number of aryl methyl sites for hydroxylation is 1. The number of nitrogens with two attached hydrogens (primary N) is 1. The number of pyridine rings is 1. The van der Waals surface area contributed by atoms with Crippen molar-refractivity contribution in [1.29, 1.82) is 0 Å². The van der Waals surface area contributed by atoms with Gasteiger partial charge in [0.05, 0.1) is 13.2 Å². The third kappa shape index (κ3) is 3.57. The molecule has 18 heavy (non-hydrogen) atoms. The number of hydrogen-bond acceptors (Lipinski definition) is 6. The fraction of sp³-hybridized carbons (Fsp3) is 0.455. The van der Waals surface area contributed by atoms with Crippen LogP contribution in [0.5, 0.6) is 0 Å². The van der Waals surface area contributed by atoms with E-state index in [1.807, 2.05) is 0 Å². The summed E-state index contributed by atoms with van der Waals surface area (Å²) >= 11 is 0. The van der Waals surface area contributed by atoms with Gasteiger partial charge in [0.25, 0.3) is 0 Å². The fourth-order valence-electron chi connectivity index (χ4n) is 1.60. The normalized spacial score (nSPS) is 11.6. The van der Waals surface area contributed by atoms with Crippen molar-refractivity contribution in [2.45, 2.75) is 6.92 Å². The molecule has 7 heteroatoms. The monoisotopic (exact) mass is 254 g/mol. The number of aromatic nitrogens is 1. The van der Waals surface area contributed by atoms with E-state index in [2.05, 4.69) is 10.1 Å². The van der Waals surface area contributed by atoms with Crippen LogP contribution >= 0.6 is 0 Å². The SMILES string of the molecule is Cc1cc(/C(N)=N/O)cc(N(CCO)CCO)n1. The van der Waals surface area contributed by atoms with Crippen LogP contribution in [0.3, 0.4) is 0 Å². The topological polar surface area (TPSA) is 115 Å². The van der Waals surface area contributed by atoms with E-state index in [1.165, 1.54) is 0 Å². The molecule has 0 radical (unpaired) electrons. The van der Waals surface area contributed by atoms with Crippen LogP contribution in [0.1, 0.15) is 11.3 Å². The van der Waals surface area contributed by atoms with E-state index in [1.54, 1.807) is 24.0 Å². The van der Waals surface area contributed by atoms with Crippen LogP contribution in [-0.2, 0) is 0 Å². The van der Waals surface area contributed by atoms with E-state index in [9.17, 15) is 0 Å². The number of aliphatic hydroxyl groups is 2. The first kappa shape index (κ1) is 14.2. The molecule has 0 aliphatic carbocycles. The molecule has 0 aromatic carbocycles. The predicted octanol–water partition coefficient (Wildman–Crippen LogP) is -0.724. The lowest BCUT2D eigenvalue weighted by atomic mass is 10.2. The Morgan fingerprint density at radius 3 is 2.44 bits per heavy atom. The molecule has 0 spiro atoms. The summed E-state index contributed by atoms with van der Waals surface area (Å²) in [4.78, 5) is 6.02. The van der Waals surface area contributed by atoms with Crippen molar-refractivity contribution in [3.63, 3.8) is 0 Å². The lowest BCUT2D eigenvalue weighted by molar-refractivity contribution is 0.280. The molecular formula is C11H18N4O3. The first-order valence-electron chi connectivity index (χ1n) is 5.55. The molecule has 0 aliphatic rings. The summed E-state index contributed by atoms with van der Waals surface area (Å²) in [5.74, 6) is 0.564. The Balaban J connectivity index is 3.10. The number of aliphatic hydroxyl groups excluding tert-OH is 2. The van der Waals surface area contributed by atoms with Crippen molar-refractivity contribution >= 4 is 11.7 Å². The van der Waals surface area contributed by atoms with Crippen molar-refractivity contribution < 1.29 is 15.4 Å². The molecular weight excluding hydrogens is 236 g/mol. The Labute approximate surface area is 105 Å². The van der Waals surface area contributed by atoms with Gasteiger partial charge in [-0.1, -0.05) is 5.16 Å². The molecule has 0 aliphatic heterocycles. The number of nitrogens with zero attached hydrogens (tertiary/aromatic N) is 3. The van der Waals surface area contributed by atoms with Crippen LogP contribution in [0.25, 0.3) is 0 Å². The first-order chi connectivity index (χ1) is 8.62. The third-order valence-corrected chi connectivity index (χ3v) is 2.41. The van der Waals surface area contributed by atoms with Gasteiger partial charge in [-0.15, -0.1) is 0 Å². The van der Waals surface area contributed by atoms with E-state index in [4.69, 9.17) is 21.2 Å². The molecule has 5 N–H and O–H groups in total. The zero-order valence-corrected chi connectivity index (χ0v) is 10.2. The Morgan fingerprint density at radius 1 is 1.33 bits per heavy atom. The molecule has 1 rings (SSSR count). The number of rotatable bonds is 6. The second-order valence-electron chi connectivity index (χ2n) is 3.77. The van der Waals surface area contributed by atoms with Crippen molar-refractivity contribution in [1.82, 2.24) is 4.98 Å². The number of amidine groups is 1. The number of oxime groups is 1. The van der Waals surface area contributed by atoms with Gasteiger partial charge in [0.1, 0.15) is 5.82 Å². The third-order valence-electron chi connectivity index (χ3n) is 2.41. The summed E-state index contributed by atoms with van der Waals surface area (Å²) in [6, 6.07) is 3.34.